The Morgan fingerprint density at radius 2 is 2.18 bits per heavy atom. The number of benzene rings is 1. The minimum absolute atomic E-state index is 0.198. The van der Waals surface area contributed by atoms with Crippen molar-refractivity contribution in [2.24, 2.45) is 0 Å². The Morgan fingerprint density at radius 3 is 2.64 bits per heavy atom. The van der Waals surface area contributed by atoms with Crippen LogP contribution in [0.4, 0.5) is 4.39 Å². The summed E-state index contributed by atoms with van der Waals surface area (Å²) in [5.41, 5.74) is 0.526. The van der Waals surface area contributed by atoms with Crippen LogP contribution in [0.3, 0.4) is 0 Å². The molecule has 0 amide bonds. The topological polar surface area (TPSA) is 0 Å². The summed E-state index contributed by atoms with van der Waals surface area (Å²) < 4.78 is 14.6. The third-order valence-corrected chi connectivity index (χ3v) is 4.09. The first-order chi connectivity index (χ1) is 5.16. The van der Waals surface area contributed by atoms with Gasteiger partial charge in [-0.25, -0.2) is 4.39 Å². The van der Waals surface area contributed by atoms with E-state index in [1.54, 1.807) is 6.07 Å². The first kappa shape index (κ1) is 9.74. The standard InChI is InChI=1S/C7H4BrClFI/c8-7-4(3-9)5(10)1-2-6(7)11/h1-2H,3H2. The van der Waals surface area contributed by atoms with Crippen molar-refractivity contribution in [3.8, 4) is 0 Å². The van der Waals surface area contributed by atoms with E-state index in [0.29, 0.717) is 5.56 Å². The monoisotopic (exact) mass is 348 g/mol. The molecule has 1 aromatic carbocycles. The second-order valence-corrected chi connectivity index (χ2v) is 4.18. The molecule has 0 bridgehead atoms. The zero-order valence-electron chi connectivity index (χ0n) is 5.37. The minimum atomic E-state index is -0.257. The summed E-state index contributed by atoms with van der Waals surface area (Å²) in [4.78, 5) is 0. The zero-order chi connectivity index (χ0) is 8.43. The minimum Gasteiger partial charge on any atom is -0.207 e. The van der Waals surface area contributed by atoms with E-state index in [-0.39, 0.29) is 11.7 Å². The molecule has 1 rings (SSSR count). The van der Waals surface area contributed by atoms with Gasteiger partial charge in [-0.15, -0.1) is 11.6 Å². The highest BCUT2D eigenvalue weighted by Crippen LogP contribution is 2.26. The van der Waals surface area contributed by atoms with E-state index in [9.17, 15) is 4.39 Å². The molecule has 0 saturated heterocycles. The van der Waals surface area contributed by atoms with E-state index in [0.717, 1.165) is 8.04 Å². The molecule has 4 heteroatoms. The molecule has 0 aliphatic rings. The largest absolute Gasteiger partial charge is 0.207 e. The van der Waals surface area contributed by atoms with Gasteiger partial charge >= 0.3 is 0 Å². The van der Waals surface area contributed by atoms with Crippen molar-refractivity contribution in [2.45, 2.75) is 5.88 Å². The maximum atomic E-state index is 12.9. The van der Waals surface area contributed by atoms with Gasteiger partial charge in [-0.3, -0.25) is 0 Å². The number of hydrogen-bond acceptors (Lipinski definition) is 0. The molecule has 11 heavy (non-hydrogen) atoms. The van der Waals surface area contributed by atoms with Crippen molar-refractivity contribution in [2.75, 3.05) is 0 Å². The molecule has 0 unspecified atom stereocenters. The van der Waals surface area contributed by atoms with Crippen LogP contribution in [0.5, 0.6) is 0 Å². The lowest BCUT2D eigenvalue weighted by atomic mass is 10.2. The van der Waals surface area contributed by atoms with Gasteiger partial charge in [0.05, 0.1) is 5.88 Å². The summed E-state index contributed by atoms with van der Waals surface area (Å²) >= 11 is 10.9. The molecule has 1 aromatic rings. The van der Waals surface area contributed by atoms with Crippen LogP contribution < -0.4 is 0 Å². The lowest BCUT2D eigenvalue weighted by molar-refractivity contribution is 0.615. The molecule has 0 saturated carbocycles. The molecule has 0 N–H and O–H groups in total. The molecule has 0 aliphatic carbocycles. The van der Waals surface area contributed by atoms with Gasteiger partial charge in [0.2, 0.25) is 0 Å². The zero-order valence-corrected chi connectivity index (χ0v) is 9.87. The quantitative estimate of drug-likeness (QED) is 0.409. The van der Waals surface area contributed by atoms with Crippen molar-refractivity contribution >= 4 is 50.1 Å². The van der Waals surface area contributed by atoms with E-state index in [1.807, 2.05) is 0 Å². The van der Waals surface area contributed by atoms with Crippen molar-refractivity contribution in [1.82, 2.24) is 0 Å². The number of alkyl halides is 1. The SMILES string of the molecule is Fc1ccc(I)c(Br)c1CCl. The van der Waals surface area contributed by atoms with Gasteiger partial charge in [-0.2, -0.15) is 0 Å². The predicted octanol–water partition coefficient (Wildman–Crippen LogP) is 3.93. The summed E-state index contributed by atoms with van der Waals surface area (Å²) in [7, 11) is 0. The Balaban J connectivity index is 3.29. The number of halogens is 4. The van der Waals surface area contributed by atoms with Gasteiger partial charge in [-0.1, -0.05) is 0 Å². The predicted molar refractivity (Wildman–Crippen MR) is 56.4 cm³/mol. The molecule has 60 valence electrons. The molecule has 0 spiro atoms. The number of rotatable bonds is 1. The third-order valence-electron chi connectivity index (χ3n) is 1.27. The lowest BCUT2D eigenvalue weighted by Crippen LogP contribution is -1.89. The third kappa shape index (κ3) is 2.06. The Labute approximate surface area is 91.4 Å². The van der Waals surface area contributed by atoms with Crippen molar-refractivity contribution in [3.05, 3.63) is 31.6 Å². The Morgan fingerprint density at radius 1 is 1.55 bits per heavy atom. The van der Waals surface area contributed by atoms with Gasteiger partial charge in [0.15, 0.2) is 0 Å². The molecule has 0 radical (unpaired) electrons. The van der Waals surface area contributed by atoms with Crippen LogP contribution in [-0.4, -0.2) is 0 Å². The second-order valence-electron chi connectivity index (χ2n) is 1.96. The molecule has 0 aliphatic heterocycles. The molecule has 0 fully saturated rings. The fourth-order valence-corrected chi connectivity index (χ4v) is 2.08. The average Bonchev–Trinajstić information content (AvgIpc) is 1.99. The van der Waals surface area contributed by atoms with Crippen LogP contribution in [0.1, 0.15) is 5.56 Å². The molecular weight excluding hydrogens is 345 g/mol. The highest BCUT2D eigenvalue weighted by atomic mass is 127. The fraction of sp³-hybridized carbons (Fsp3) is 0.143. The van der Waals surface area contributed by atoms with Crippen LogP contribution in [-0.2, 0) is 5.88 Å². The van der Waals surface area contributed by atoms with Crippen molar-refractivity contribution in [1.29, 1.82) is 0 Å². The summed E-state index contributed by atoms with van der Waals surface area (Å²) in [6, 6.07) is 3.13. The first-order valence-corrected chi connectivity index (χ1v) is 5.25. The average molecular weight is 349 g/mol. The van der Waals surface area contributed by atoms with Gasteiger partial charge in [0.1, 0.15) is 5.82 Å². The Hall–Kier alpha value is 0.650. The van der Waals surface area contributed by atoms with Crippen LogP contribution in [0.15, 0.2) is 16.6 Å². The molecule has 0 atom stereocenters. The van der Waals surface area contributed by atoms with Crippen molar-refractivity contribution in [3.63, 3.8) is 0 Å². The lowest BCUT2D eigenvalue weighted by Gasteiger charge is -2.02. The van der Waals surface area contributed by atoms with Crippen molar-refractivity contribution < 1.29 is 4.39 Å². The van der Waals surface area contributed by atoms with Crippen LogP contribution in [0, 0.1) is 9.39 Å². The summed E-state index contributed by atoms with van der Waals surface area (Å²) in [5, 5.41) is 0. The van der Waals surface area contributed by atoms with Gasteiger partial charge in [-0.05, 0) is 50.7 Å². The highest BCUT2D eigenvalue weighted by molar-refractivity contribution is 14.1. The van der Waals surface area contributed by atoms with Gasteiger partial charge < -0.3 is 0 Å². The Kier molecular flexibility index (Phi) is 3.58. The van der Waals surface area contributed by atoms with Gasteiger partial charge in [0.25, 0.3) is 0 Å². The van der Waals surface area contributed by atoms with E-state index in [4.69, 9.17) is 11.6 Å². The maximum Gasteiger partial charge on any atom is 0.128 e. The second kappa shape index (κ2) is 4.05. The molecule has 0 heterocycles. The van der Waals surface area contributed by atoms with Crippen LogP contribution in [0.25, 0.3) is 0 Å². The summed E-state index contributed by atoms with van der Waals surface area (Å²) in [6.07, 6.45) is 0. The van der Waals surface area contributed by atoms with E-state index < -0.39 is 0 Å². The van der Waals surface area contributed by atoms with E-state index >= 15 is 0 Å². The van der Waals surface area contributed by atoms with Gasteiger partial charge in [0, 0.05) is 13.6 Å². The molecular formula is C7H4BrClFI. The molecule has 0 aromatic heterocycles. The van der Waals surface area contributed by atoms with E-state index in [1.165, 1.54) is 6.07 Å². The fourth-order valence-electron chi connectivity index (χ4n) is 0.692. The first-order valence-electron chi connectivity index (χ1n) is 2.85. The Bertz CT molecular complexity index is 277. The summed E-state index contributed by atoms with van der Waals surface area (Å²) in [6.45, 7) is 0. The number of hydrogen-bond donors (Lipinski definition) is 0. The maximum absolute atomic E-state index is 12.9. The summed E-state index contributed by atoms with van der Waals surface area (Å²) in [5.74, 6) is -0.0595. The van der Waals surface area contributed by atoms with Crippen LogP contribution >= 0.6 is 50.1 Å². The molecule has 0 nitrogen and oxygen atoms in total. The van der Waals surface area contributed by atoms with Crippen LogP contribution in [0.2, 0.25) is 0 Å². The van der Waals surface area contributed by atoms with E-state index in [2.05, 4.69) is 38.5 Å². The smallest absolute Gasteiger partial charge is 0.128 e. The highest BCUT2D eigenvalue weighted by Gasteiger charge is 2.07. The normalized spacial score (nSPS) is 10.2.